The third-order valence-corrected chi connectivity index (χ3v) is 2.99. The molecule has 104 valence electrons. The first-order valence-corrected chi connectivity index (χ1v) is 6.39. The van der Waals surface area contributed by atoms with Crippen LogP contribution in [0.4, 0.5) is 0 Å². The van der Waals surface area contributed by atoms with Crippen LogP contribution in [0, 0.1) is 0 Å². The molecule has 0 radical (unpaired) electrons. The van der Waals surface area contributed by atoms with Gasteiger partial charge in [-0.1, -0.05) is 6.92 Å². The lowest BCUT2D eigenvalue weighted by Gasteiger charge is -2.24. The van der Waals surface area contributed by atoms with E-state index in [4.69, 9.17) is 4.74 Å². The summed E-state index contributed by atoms with van der Waals surface area (Å²) in [6, 6.07) is 6.75. The number of hydrogen-bond donors (Lipinski definition) is 1. The van der Waals surface area contributed by atoms with E-state index in [0.29, 0.717) is 11.3 Å². The first kappa shape index (κ1) is 15.2. The molecular formula is C15H21NO3. The fourth-order valence-corrected chi connectivity index (χ4v) is 1.44. The van der Waals surface area contributed by atoms with Crippen LogP contribution in [0.1, 0.15) is 44.5 Å². The predicted molar refractivity (Wildman–Crippen MR) is 74.5 cm³/mol. The summed E-state index contributed by atoms with van der Waals surface area (Å²) >= 11 is 0. The van der Waals surface area contributed by atoms with Gasteiger partial charge in [0.1, 0.15) is 5.75 Å². The number of rotatable bonds is 6. The van der Waals surface area contributed by atoms with Crippen LogP contribution in [0.3, 0.4) is 0 Å². The van der Waals surface area contributed by atoms with E-state index in [1.165, 1.54) is 6.92 Å². The highest BCUT2D eigenvalue weighted by Crippen LogP contribution is 2.13. The summed E-state index contributed by atoms with van der Waals surface area (Å²) in [6.45, 7) is 7.43. The minimum Gasteiger partial charge on any atom is -0.484 e. The molecule has 0 aliphatic carbocycles. The van der Waals surface area contributed by atoms with Gasteiger partial charge in [0, 0.05) is 11.1 Å². The van der Waals surface area contributed by atoms with E-state index >= 15 is 0 Å². The second-order valence-corrected chi connectivity index (χ2v) is 5.15. The topological polar surface area (TPSA) is 55.4 Å². The van der Waals surface area contributed by atoms with E-state index in [2.05, 4.69) is 5.32 Å². The molecule has 0 saturated heterocycles. The number of amides is 1. The summed E-state index contributed by atoms with van der Waals surface area (Å²) in [5, 5.41) is 2.89. The van der Waals surface area contributed by atoms with Gasteiger partial charge in [-0.05, 0) is 51.5 Å². The SMILES string of the molecule is CCC(C)(C)NC(=O)COc1ccc(C(C)=O)cc1. The molecule has 1 aromatic carbocycles. The normalized spacial score (nSPS) is 10.9. The molecule has 0 aliphatic heterocycles. The molecule has 0 heterocycles. The first-order valence-electron chi connectivity index (χ1n) is 6.39. The van der Waals surface area contributed by atoms with Crippen molar-refractivity contribution in [3.05, 3.63) is 29.8 Å². The molecule has 19 heavy (non-hydrogen) atoms. The van der Waals surface area contributed by atoms with Gasteiger partial charge in [-0.15, -0.1) is 0 Å². The minimum atomic E-state index is -0.223. The summed E-state index contributed by atoms with van der Waals surface area (Å²) in [6.07, 6.45) is 0.853. The molecule has 4 nitrogen and oxygen atoms in total. The lowest BCUT2D eigenvalue weighted by atomic mass is 10.0. The third kappa shape index (κ3) is 5.12. The molecule has 4 heteroatoms. The number of hydrogen-bond acceptors (Lipinski definition) is 3. The molecule has 1 aromatic rings. The van der Waals surface area contributed by atoms with Crippen LogP contribution in [0.15, 0.2) is 24.3 Å². The smallest absolute Gasteiger partial charge is 0.258 e. The van der Waals surface area contributed by atoms with E-state index in [1.807, 2.05) is 20.8 Å². The molecule has 0 saturated carbocycles. The van der Waals surface area contributed by atoms with Gasteiger partial charge in [-0.25, -0.2) is 0 Å². The predicted octanol–water partition coefficient (Wildman–Crippen LogP) is 2.57. The molecule has 0 fully saturated rings. The molecule has 0 aromatic heterocycles. The van der Waals surface area contributed by atoms with Gasteiger partial charge in [0.05, 0.1) is 0 Å². The van der Waals surface area contributed by atoms with Gasteiger partial charge in [0.15, 0.2) is 12.4 Å². The molecule has 1 amide bonds. The van der Waals surface area contributed by atoms with Crippen molar-refractivity contribution in [1.29, 1.82) is 0 Å². The van der Waals surface area contributed by atoms with Gasteiger partial charge in [0.2, 0.25) is 0 Å². The quantitative estimate of drug-likeness (QED) is 0.802. The molecular weight excluding hydrogens is 242 g/mol. The van der Waals surface area contributed by atoms with E-state index in [0.717, 1.165) is 6.42 Å². The van der Waals surface area contributed by atoms with Crippen molar-refractivity contribution in [2.45, 2.75) is 39.7 Å². The van der Waals surface area contributed by atoms with Crippen molar-refractivity contribution < 1.29 is 14.3 Å². The van der Waals surface area contributed by atoms with Crippen LogP contribution in [-0.4, -0.2) is 23.8 Å². The highest BCUT2D eigenvalue weighted by Gasteiger charge is 2.17. The van der Waals surface area contributed by atoms with E-state index in [9.17, 15) is 9.59 Å². The molecule has 0 bridgehead atoms. The Hall–Kier alpha value is -1.84. The number of ketones is 1. The van der Waals surface area contributed by atoms with Crippen molar-refractivity contribution in [3.63, 3.8) is 0 Å². The maximum Gasteiger partial charge on any atom is 0.258 e. The Kier molecular flexibility index (Phi) is 5.10. The number of benzene rings is 1. The average Bonchev–Trinajstić information content (AvgIpc) is 2.36. The van der Waals surface area contributed by atoms with Crippen LogP contribution in [0.2, 0.25) is 0 Å². The first-order chi connectivity index (χ1) is 8.84. The maximum atomic E-state index is 11.7. The second kappa shape index (κ2) is 6.36. The third-order valence-electron chi connectivity index (χ3n) is 2.99. The zero-order valence-corrected chi connectivity index (χ0v) is 11.9. The van der Waals surface area contributed by atoms with Crippen molar-refractivity contribution in [1.82, 2.24) is 5.32 Å². The van der Waals surface area contributed by atoms with Gasteiger partial charge in [-0.2, -0.15) is 0 Å². The van der Waals surface area contributed by atoms with Gasteiger partial charge in [-0.3, -0.25) is 9.59 Å². The Morgan fingerprint density at radius 2 is 1.79 bits per heavy atom. The van der Waals surface area contributed by atoms with Crippen LogP contribution < -0.4 is 10.1 Å². The van der Waals surface area contributed by atoms with Crippen molar-refractivity contribution in [3.8, 4) is 5.75 Å². The summed E-state index contributed by atoms with van der Waals surface area (Å²) in [4.78, 5) is 22.8. The summed E-state index contributed by atoms with van der Waals surface area (Å²) in [7, 11) is 0. The number of ether oxygens (including phenoxy) is 1. The Labute approximate surface area is 114 Å². The summed E-state index contributed by atoms with van der Waals surface area (Å²) in [5.74, 6) is 0.436. The molecule has 0 unspecified atom stereocenters. The van der Waals surface area contributed by atoms with E-state index in [-0.39, 0.29) is 23.8 Å². The van der Waals surface area contributed by atoms with Crippen molar-refractivity contribution in [2.24, 2.45) is 0 Å². The van der Waals surface area contributed by atoms with Crippen LogP contribution in [0.25, 0.3) is 0 Å². The lowest BCUT2D eigenvalue weighted by molar-refractivity contribution is -0.124. The largest absolute Gasteiger partial charge is 0.484 e. The standard InChI is InChI=1S/C15H21NO3/c1-5-15(3,4)16-14(18)10-19-13-8-6-12(7-9-13)11(2)17/h6-9H,5,10H2,1-4H3,(H,16,18). The Balaban J connectivity index is 2.48. The van der Waals surface area contributed by atoms with Gasteiger partial charge < -0.3 is 10.1 Å². The Morgan fingerprint density at radius 3 is 2.26 bits per heavy atom. The minimum absolute atomic E-state index is 0.00832. The van der Waals surface area contributed by atoms with Crippen LogP contribution >= 0.6 is 0 Å². The lowest BCUT2D eigenvalue weighted by Crippen LogP contribution is -2.44. The molecule has 1 rings (SSSR count). The monoisotopic (exact) mass is 263 g/mol. The highest BCUT2D eigenvalue weighted by atomic mass is 16.5. The number of nitrogens with one attached hydrogen (secondary N) is 1. The Morgan fingerprint density at radius 1 is 1.21 bits per heavy atom. The van der Waals surface area contributed by atoms with Crippen LogP contribution in [-0.2, 0) is 4.79 Å². The van der Waals surface area contributed by atoms with E-state index < -0.39 is 0 Å². The Bertz CT molecular complexity index is 449. The van der Waals surface area contributed by atoms with Gasteiger partial charge >= 0.3 is 0 Å². The summed E-state index contributed by atoms with van der Waals surface area (Å²) < 4.78 is 5.37. The van der Waals surface area contributed by atoms with Crippen molar-refractivity contribution >= 4 is 11.7 Å². The molecule has 0 aliphatic rings. The number of carbonyl (C=O) groups excluding carboxylic acids is 2. The summed E-state index contributed by atoms with van der Waals surface area (Å²) in [5.41, 5.74) is 0.405. The van der Waals surface area contributed by atoms with Crippen LogP contribution in [0.5, 0.6) is 5.75 Å². The fraction of sp³-hybridized carbons (Fsp3) is 0.467. The molecule has 0 atom stereocenters. The number of Topliss-reactive ketones (excluding diaryl/α,β-unsaturated/α-hetero) is 1. The zero-order valence-electron chi connectivity index (χ0n) is 11.9. The number of carbonyl (C=O) groups is 2. The zero-order chi connectivity index (χ0) is 14.5. The fourth-order valence-electron chi connectivity index (χ4n) is 1.44. The van der Waals surface area contributed by atoms with Gasteiger partial charge in [0.25, 0.3) is 5.91 Å². The second-order valence-electron chi connectivity index (χ2n) is 5.15. The molecule has 1 N–H and O–H groups in total. The molecule has 0 spiro atoms. The average molecular weight is 263 g/mol. The van der Waals surface area contributed by atoms with E-state index in [1.54, 1.807) is 24.3 Å². The highest BCUT2D eigenvalue weighted by molar-refractivity contribution is 5.94. The van der Waals surface area contributed by atoms with Crippen molar-refractivity contribution in [2.75, 3.05) is 6.61 Å². The maximum absolute atomic E-state index is 11.7.